The lowest BCUT2D eigenvalue weighted by molar-refractivity contribution is 0.601. The molecule has 0 aliphatic rings. The Morgan fingerprint density at radius 3 is 2.43 bits per heavy atom. The predicted octanol–water partition coefficient (Wildman–Crippen LogP) is 1.72. The van der Waals surface area contributed by atoms with Crippen molar-refractivity contribution in [2.45, 2.75) is 4.90 Å². The molecular formula is C12H14ClFN4O2S. The van der Waals surface area contributed by atoms with E-state index in [1.807, 2.05) is 0 Å². The summed E-state index contributed by atoms with van der Waals surface area (Å²) in [6.07, 6.45) is 1.01. The lowest BCUT2D eigenvalue weighted by Gasteiger charge is -2.09. The van der Waals surface area contributed by atoms with E-state index in [4.69, 9.17) is 17.3 Å². The van der Waals surface area contributed by atoms with Crippen LogP contribution < -0.4 is 10.6 Å². The van der Waals surface area contributed by atoms with E-state index >= 15 is 0 Å². The van der Waals surface area contributed by atoms with Gasteiger partial charge in [-0.3, -0.25) is 0 Å². The van der Waals surface area contributed by atoms with Gasteiger partial charge in [-0.2, -0.15) is 0 Å². The number of aromatic nitrogens is 2. The van der Waals surface area contributed by atoms with Crippen molar-refractivity contribution < 1.29 is 12.8 Å². The third-order valence-corrected chi connectivity index (χ3v) is 4.24. The van der Waals surface area contributed by atoms with Gasteiger partial charge in [0.1, 0.15) is 17.3 Å². The van der Waals surface area contributed by atoms with E-state index < -0.39 is 15.7 Å². The minimum Gasteiger partial charge on any atom is -0.382 e. The molecule has 0 bridgehead atoms. The normalized spacial score (nSPS) is 11.7. The van der Waals surface area contributed by atoms with Gasteiger partial charge in [0.25, 0.3) is 0 Å². The van der Waals surface area contributed by atoms with Crippen molar-refractivity contribution in [3.63, 3.8) is 0 Å². The highest BCUT2D eigenvalue weighted by atomic mass is 35.5. The molecule has 2 aromatic rings. The van der Waals surface area contributed by atoms with Crippen molar-refractivity contribution in [1.82, 2.24) is 9.78 Å². The Balaban J connectivity index is 2.85. The lowest BCUT2D eigenvalue weighted by Crippen LogP contribution is -2.13. The zero-order chi connectivity index (χ0) is 15.9. The Morgan fingerprint density at radius 1 is 1.38 bits per heavy atom. The van der Waals surface area contributed by atoms with Crippen molar-refractivity contribution >= 4 is 33.1 Å². The monoisotopic (exact) mass is 332 g/mol. The Bertz CT molecular complexity index is 782. The van der Waals surface area contributed by atoms with Crippen LogP contribution in [0.25, 0.3) is 5.69 Å². The highest BCUT2D eigenvalue weighted by Crippen LogP contribution is 2.33. The maximum Gasteiger partial charge on any atom is 0.182 e. The second-order valence-electron chi connectivity index (χ2n) is 4.69. The van der Waals surface area contributed by atoms with Gasteiger partial charge in [0.2, 0.25) is 0 Å². The van der Waals surface area contributed by atoms with Crippen LogP contribution in [-0.4, -0.2) is 38.5 Å². The minimum absolute atomic E-state index is 0.0783. The smallest absolute Gasteiger partial charge is 0.182 e. The summed E-state index contributed by atoms with van der Waals surface area (Å²) >= 11 is 5.97. The number of para-hydroxylation sites is 1. The molecule has 1 aromatic carbocycles. The van der Waals surface area contributed by atoms with E-state index in [9.17, 15) is 12.8 Å². The van der Waals surface area contributed by atoms with Crippen molar-refractivity contribution in [2.75, 3.05) is 31.0 Å². The molecule has 1 aromatic heterocycles. The topological polar surface area (TPSA) is 81.2 Å². The number of anilines is 2. The molecule has 9 heteroatoms. The van der Waals surface area contributed by atoms with E-state index in [-0.39, 0.29) is 27.2 Å². The quantitative estimate of drug-likeness (QED) is 0.925. The van der Waals surface area contributed by atoms with E-state index in [1.165, 1.54) is 23.1 Å². The fourth-order valence-corrected chi connectivity index (χ4v) is 3.18. The van der Waals surface area contributed by atoms with Gasteiger partial charge in [0.05, 0.1) is 5.02 Å². The number of halogens is 2. The number of hydrogen-bond donors (Lipinski definition) is 1. The van der Waals surface area contributed by atoms with E-state index in [0.29, 0.717) is 0 Å². The Hall–Kier alpha value is -1.80. The number of nitrogens with zero attached hydrogens (tertiary/aromatic N) is 3. The number of benzene rings is 1. The van der Waals surface area contributed by atoms with E-state index in [2.05, 4.69) is 5.10 Å². The van der Waals surface area contributed by atoms with Crippen LogP contribution in [0.3, 0.4) is 0 Å². The molecule has 2 N–H and O–H groups in total. The molecule has 0 amide bonds. The second-order valence-corrected chi connectivity index (χ2v) is 7.05. The highest BCUT2D eigenvalue weighted by molar-refractivity contribution is 7.91. The molecule has 6 nitrogen and oxygen atoms in total. The van der Waals surface area contributed by atoms with Gasteiger partial charge in [0.15, 0.2) is 20.6 Å². The maximum absolute atomic E-state index is 14.0. The summed E-state index contributed by atoms with van der Waals surface area (Å²) in [5.41, 5.74) is 5.78. The molecule has 0 spiro atoms. The summed E-state index contributed by atoms with van der Waals surface area (Å²) in [4.78, 5) is 1.32. The van der Waals surface area contributed by atoms with E-state index in [1.54, 1.807) is 14.1 Å². The maximum atomic E-state index is 14.0. The van der Waals surface area contributed by atoms with Gasteiger partial charge >= 0.3 is 0 Å². The molecule has 21 heavy (non-hydrogen) atoms. The first kappa shape index (κ1) is 15.6. The van der Waals surface area contributed by atoms with Crippen LogP contribution >= 0.6 is 11.6 Å². The van der Waals surface area contributed by atoms with Crippen molar-refractivity contribution in [3.05, 3.63) is 29.0 Å². The summed E-state index contributed by atoms with van der Waals surface area (Å²) in [6.45, 7) is 0. The van der Waals surface area contributed by atoms with Gasteiger partial charge < -0.3 is 10.6 Å². The van der Waals surface area contributed by atoms with Gasteiger partial charge in [0, 0.05) is 20.4 Å². The molecule has 0 atom stereocenters. The highest BCUT2D eigenvalue weighted by Gasteiger charge is 2.27. The van der Waals surface area contributed by atoms with Crippen molar-refractivity contribution in [3.8, 4) is 5.69 Å². The third kappa shape index (κ3) is 2.68. The number of sulfone groups is 1. The van der Waals surface area contributed by atoms with Gasteiger partial charge in [-0.15, -0.1) is 5.10 Å². The number of nitrogens with two attached hydrogens (primary N) is 1. The molecule has 1 heterocycles. The fraction of sp³-hybridized carbons (Fsp3) is 0.250. The van der Waals surface area contributed by atoms with Gasteiger partial charge in [-0.1, -0.05) is 17.7 Å². The molecule has 0 aliphatic heterocycles. The molecule has 0 saturated carbocycles. The van der Waals surface area contributed by atoms with Crippen LogP contribution in [0.2, 0.25) is 5.02 Å². The first-order chi connectivity index (χ1) is 9.64. The second kappa shape index (κ2) is 5.19. The van der Waals surface area contributed by atoms with Crippen molar-refractivity contribution in [2.24, 2.45) is 0 Å². The largest absolute Gasteiger partial charge is 0.382 e. The van der Waals surface area contributed by atoms with Gasteiger partial charge in [-0.25, -0.2) is 17.5 Å². The molecular weight excluding hydrogens is 319 g/mol. The van der Waals surface area contributed by atoms with Crippen LogP contribution in [0.4, 0.5) is 16.0 Å². The zero-order valence-electron chi connectivity index (χ0n) is 11.6. The first-order valence-corrected chi connectivity index (χ1v) is 8.11. The first-order valence-electron chi connectivity index (χ1n) is 5.85. The standard InChI is InChI=1S/C12H14ClFN4O2S/c1-17(2)12-10(21(3,19)20)11(15)18(16-12)9-7(13)5-4-6-8(9)14/h4-6H,15H2,1-3H3. The molecule has 0 unspecified atom stereocenters. The fourth-order valence-electron chi connectivity index (χ4n) is 1.91. The molecule has 0 radical (unpaired) electrons. The zero-order valence-corrected chi connectivity index (χ0v) is 13.2. The molecule has 0 fully saturated rings. The minimum atomic E-state index is -3.64. The third-order valence-electron chi connectivity index (χ3n) is 2.80. The van der Waals surface area contributed by atoms with E-state index in [0.717, 1.165) is 10.9 Å². The Kier molecular flexibility index (Phi) is 3.85. The van der Waals surface area contributed by atoms with Crippen molar-refractivity contribution in [1.29, 1.82) is 0 Å². The molecule has 114 valence electrons. The molecule has 0 saturated heterocycles. The summed E-state index contributed by atoms with van der Waals surface area (Å²) < 4.78 is 38.8. The van der Waals surface area contributed by atoms with Crippen LogP contribution in [0.15, 0.2) is 23.1 Å². The van der Waals surface area contributed by atoms with Crippen LogP contribution in [0, 0.1) is 5.82 Å². The van der Waals surface area contributed by atoms with Gasteiger partial charge in [-0.05, 0) is 12.1 Å². The average molecular weight is 333 g/mol. The number of rotatable bonds is 3. The van der Waals surface area contributed by atoms with Crippen LogP contribution in [-0.2, 0) is 9.84 Å². The summed E-state index contributed by atoms with van der Waals surface area (Å²) in [5.74, 6) is -0.718. The number of nitrogen functional groups attached to an aromatic ring is 1. The average Bonchev–Trinajstić information content (AvgIpc) is 2.67. The summed E-state index contributed by atoms with van der Waals surface area (Å²) in [5, 5.41) is 4.16. The predicted molar refractivity (Wildman–Crippen MR) is 80.4 cm³/mol. The summed E-state index contributed by atoms with van der Waals surface area (Å²) in [6, 6.07) is 4.10. The Labute approximate surface area is 126 Å². The Morgan fingerprint density at radius 2 is 2.00 bits per heavy atom. The molecule has 0 aliphatic carbocycles. The number of hydrogen-bond acceptors (Lipinski definition) is 5. The van der Waals surface area contributed by atoms with Crippen LogP contribution in [0.5, 0.6) is 0 Å². The van der Waals surface area contributed by atoms with Crippen LogP contribution in [0.1, 0.15) is 0 Å². The lowest BCUT2D eigenvalue weighted by atomic mass is 10.3. The SMILES string of the molecule is CN(C)c1nn(-c2c(F)cccc2Cl)c(N)c1S(C)(=O)=O. The summed E-state index contributed by atoms with van der Waals surface area (Å²) in [7, 11) is -0.408. The molecule has 2 rings (SSSR count).